The molecular weight excluding hydrogens is 533 g/mol. The van der Waals surface area contributed by atoms with Gasteiger partial charge in [-0.25, -0.2) is 4.39 Å². The summed E-state index contributed by atoms with van der Waals surface area (Å²) < 4.78 is 24.2. The quantitative estimate of drug-likeness (QED) is 0.271. The van der Waals surface area contributed by atoms with Crippen LogP contribution in [0.25, 0.3) is 27.4 Å². The molecule has 4 aromatic rings. The molecule has 8 nitrogen and oxygen atoms in total. The Morgan fingerprint density at radius 3 is 2.67 bits per heavy atom. The SMILES string of the molecule is CN1CCCC1CCNc1c(F)cc2c(=O)c(C(=O)NCCN3CCCC3)cn3c2c1Oc1c-3ccc2ccccc12. The van der Waals surface area contributed by atoms with Crippen LogP contribution < -0.4 is 20.8 Å². The summed E-state index contributed by atoms with van der Waals surface area (Å²) in [5, 5.41) is 8.18. The largest absolute Gasteiger partial charge is 0.450 e. The van der Waals surface area contributed by atoms with E-state index >= 15 is 4.39 Å². The highest BCUT2D eigenvalue weighted by molar-refractivity contribution is 6.03. The van der Waals surface area contributed by atoms with E-state index in [9.17, 15) is 9.59 Å². The Hall–Kier alpha value is -3.95. The van der Waals surface area contributed by atoms with Crippen molar-refractivity contribution in [3.63, 3.8) is 0 Å². The number of hydrogen-bond donors (Lipinski definition) is 2. The molecule has 218 valence electrons. The lowest BCUT2D eigenvalue weighted by Crippen LogP contribution is -2.36. The van der Waals surface area contributed by atoms with Gasteiger partial charge in [0.1, 0.15) is 16.8 Å². The predicted molar refractivity (Wildman–Crippen MR) is 164 cm³/mol. The van der Waals surface area contributed by atoms with Crippen LogP contribution in [0.4, 0.5) is 10.1 Å². The van der Waals surface area contributed by atoms with Gasteiger partial charge in [0, 0.05) is 37.3 Å². The molecule has 2 fully saturated rings. The molecule has 0 aliphatic carbocycles. The second-order valence-electron chi connectivity index (χ2n) is 11.7. The van der Waals surface area contributed by atoms with Crippen molar-refractivity contribution < 1.29 is 13.9 Å². The zero-order chi connectivity index (χ0) is 28.8. The highest BCUT2D eigenvalue weighted by Gasteiger charge is 2.30. The van der Waals surface area contributed by atoms with E-state index in [-0.39, 0.29) is 22.4 Å². The van der Waals surface area contributed by atoms with Crippen LogP contribution in [-0.4, -0.2) is 72.6 Å². The van der Waals surface area contributed by atoms with Gasteiger partial charge >= 0.3 is 0 Å². The topological polar surface area (TPSA) is 78.8 Å². The van der Waals surface area contributed by atoms with Crippen molar-refractivity contribution in [3.05, 3.63) is 70.3 Å². The number of carbonyl (C=O) groups excluding carboxylic acids is 1. The van der Waals surface area contributed by atoms with Gasteiger partial charge in [-0.2, -0.15) is 0 Å². The first-order valence-corrected chi connectivity index (χ1v) is 15.1. The second-order valence-corrected chi connectivity index (χ2v) is 11.7. The molecule has 1 aromatic heterocycles. The van der Waals surface area contributed by atoms with E-state index in [1.807, 2.05) is 41.0 Å². The zero-order valence-corrected chi connectivity index (χ0v) is 23.9. The van der Waals surface area contributed by atoms with Gasteiger partial charge < -0.3 is 29.7 Å². The Morgan fingerprint density at radius 2 is 1.86 bits per heavy atom. The normalized spacial score (nSPS) is 18.4. The van der Waals surface area contributed by atoms with Gasteiger partial charge in [0.05, 0.1) is 11.1 Å². The summed E-state index contributed by atoms with van der Waals surface area (Å²) in [6.07, 6.45) is 7.10. The fraction of sp³-hybridized carbons (Fsp3) is 0.394. The van der Waals surface area contributed by atoms with Gasteiger partial charge in [-0.15, -0.1) is 0 Å². The van der Waals surface area contributed by atoms with Crippen LogP contribution in [-0.2, 0) is 0 Å². The lowest BCUT2D eigenvalue weighted by Gasteiger charge is -2.27. The fourth-order valence-electron chi connectivity index (χ4n) is 6.81. The molecule has 1 amide bonds. The molecule has 0 bridgehead atoms. The summed E-state index contributed by atoms with van der Waals surface area (Å²) in [6, 6.07) is 13.5. The van der Waals surface area contributed by atoms with E-state index in [4.69, 9.17) is 4.74 Å². The first-order valence-electron chi connectivity index (χ1n) is 15.1. The fourth-order valence-corrected chi connectivity index (χ4v) is 6.81. The van der Waals surface area contributed by atoms with Crippen molar-refractivity contribution >= 4 is 33.3 Å². The van der Waals surface area contributed by atoms with Crippen molar-refractivity contribution in [2.45, 2.75) is 38.1 Å². The van der Waals surface area contributed by atoms with E-state index in [1.54, 1.807) is 6.20 Å². The van der Waals surface area contributed by atoms with Gasteiger partial charge in [-0.3, -0.25) is 9.59 Å². The summed E-state index contributed by atoms with van der Waals surface area (Å²) in [5.41, 5.74) is 0.866. The maximum atomic E-state index is 15.9. The highest BCUT2D eigenvalue weighted by atomic mass is 19.1. The molecule has 3 aliphatic rings. The van der Waals surface area contributed by atoms with Crippen LogP contribution >= 0.6 is 0 Å². The number of carbonyl (C=O) groups is 1. The molecular formula is C33H36FN5O3. The Bertz CT molecular complexity index is 1750. The molecule has 0 saturated carbocycles. The minimum atomic E-state index is -0.573. The molecule has 4 heterocycles. The van der Waals surface area contributed by atoms with Gasteiger partial charge in [-0.05, 0) is 76.3 Å². The average Bonchev–Trinajstić information content (AvgIpc) is 3.67. The summed E-state index contributed by atoms with van der Waals surface area (Å²) in [6.45, 7) is 4.88. The van der Waals surface area contributed by atoms with Crippen LogP contribution in [0.5, 0.6) is 11.5 Å². The molecule has 1 unspecified atom stereocenters. The van der Waals surface area contributed by atoms with E-state index in [2.05, 4.69) is 27.5 Å². The standard InChI is InChI=1S/C33H36FN5O3/c1-37-15-6-8-22(37)12-13-35-28-26(34)19-24-29-32(28)42-31-23-9-3-2-7-21(23)10-11-27(31)39(29)20-25(30(24)40)33(41)36-14-18-38-16-4-5-17-38/h2-3,7,9-11,19-20,22,35H,4-6,8,12-18H2,1H3,(H,36,41). The summed E-state index contributed by atoms with van der Waals surface area (Å²) in [7, 11) is 2.13. The van der Waals surface area contributed by atoms with Crippen molar-refractivity contribution in [2.24, 2.45) is 0 Å². The van der Waals surface area contributed by atoms with E-state index < -0.39 is 17.2 Å². The van der Waals surface area contributed by atoms with Crippen molar-refractivity contribution in [1.82, 2.24) is 19.7 Å². The number of nitrogens with zero attached hydrogens (tertiary/aromatic N) is 3. The number of ether oxygens (including phenoxy) is 1. The summed E-state index contributed by atoms with van der Waals surface area (Å²) in [5.74, 6) is -0.193. The minimum absolute atomic E-state index is 0.0136. The van der Waals surface area contributed by atoms with E-state index in [0.717, 1.165) is 49.8 Å². The number of anilines is 1. The van der Waals surface area contributed by atoms with Crippen molar-refractivity contribution in [1.29, 1.82) is 0 Å². The Kier molecular flexibility index (Phi) is 7.07. The number of amides is 1. The summed E-state index contributed by atoms with van der Waals surface area (Å²) >= 11 is 0. The van der Waals surface area contributed by atoms with Crippen LogP contribution in [0.15, 0.2) is 53.5 Å². The Labute approximate surface area is 244 Å². The molecule has 7 rings (SSSR count). The molecule has 9 heteroatoms. The lowest BCUT2D eigenvalue weighted by atomic mass is 10.0. The molecule has 1 atom stereocenters. The van der Waals surface area contributed by atoms with Gasteiger partial charge in [0.15, 0.2) is 17.3 Å². The minimum Gasteiger partial charge on any atom is -0.450 e. The molecule has 3 aromatic carbocycles. The summed E-state index contributed by atoms with van der Waals surface area (Å²) in [4.78, 5) is 31.7. The number of halogens is 1. The number of benzene rings is 3. The maximum absolute atomic E-state index is 15.9. The number of hydrogen-bond acceptors (Lipinski definition) is 6. The number of pyridine rings is 1. The van der Waals surface area contributed by atoms with Gasteiger partial charge in [0.25, 0.3) is 5.91 Å². The molecule has 3 aliphatic heterocycles. The van der Waals surface area contributed by atoms with Crippen LogP contribution in [0.2, 0.25) is 0 Å². The highest BCUT2D eigenvalue weighted by Crippen LogP contribution is 2.47. The Morgan fingerprint density at radius 1 is 1.02 bits per heavy atom. The molecule has 0 spiro atoms. The number of likely N-dealkylation sites (tertiary alicyclic amines) is 2. The molecule has 42 heavy (non-hydrogen) atoms. The lowest BCUT2D eigenvalue weighted by molar-refractivity contribution is 0.0948. The van der Waals surface area contributed by atoms with Gasteiger partial charge in [0.2, 0.25) is 5.43 Å². The third kappa shape index (κ3) is 4.70. The second kappa shape index (κ2) is 11.0. The smallest absolute Gasteiger partial charge is 0.256 e. The van der Waals surface area contributed by atoms with Gasteiger partial charge in [-0.1, -0.05) is 30.3 Å². The Balaban J connectivity index is 1.31. The third-order valence-electron chi connectivity index (χ3n) is 9.13. The maximum Gasteiger partial charge on any atom is 0.256 e. The van der Waals surface area contributed by atoms with Crippen LogP contribution in [0.3, 0.4) is 0 Å². The molecule has 2 N–H and O–H groups in total. The third-order valence-corrected chi connectivity index (χ3v) is 9.13. The number of nitrogens with one attached hydrogen (secondary N) is 2. The van der Waals surface area contributed by atoms with E-state index in [0.29, 0.717) is 36.1 Å². The van der Waals surface area contributed by atoms with Crippen molar-refractivity contribution in [3.8, 4) is 17.2 Å². The monoisotopic (exact) mass is 569 g/mol. The molecule has 2 saturated heterocycles. The van der Waals surface area contributed by atoms with Crippen LogP contribution in [0.1, 0.15) is 42.5 Å². The first-order chi connectivity index (χ1) is 20.5. The van der Waals surface area contributed by atoms with E-state index in [1.165, 1.54) is 25.3 Å². The molecule has 0 radical (unpaired) electrons. The average molecular weight is 570 g/mol. The predicted octanol–water partition coefficient (Wildman–Crippen LogP) is 5.11. The van der Waals surface area contributed by atoms with Crippen molar-refractivity contribution in [2.75, 3.05) is 51.6 Å². The van der Waals surface area contributed by atoms with Crippen LogP contribution in [0, 0.1) is 5.82 Å². The first kappa shape index (κ1) is 26.9. The number of fused-ring (bicyclic) bond motifs is 4. The number of aromatic nitrogens is 1. The zero-order valence-electron chi connectivity index (χ0n) is 23.9. The number of rotatable bonds is 8.